The maximum absolute atomic E-state index is 12.9. The minimum atomic E-state index is -0.360. The van der Waals surface area contributed by atoms with E-state index in [0.29, 0.717) is 16.7 Å². The molecule has 4 heteroatoms. The van der Waals surface area contributed by atoms with E-state index in [-0.39, 0.29) is 12.4 Å². The van der Waals surface area contributed by atoms with Crippen LogP contribution in [0.25, 0.3) is 0 Å². The standard InChI is InChI=1S/C16H11Cl2FO/c17-9-1-2-12-3-7-15(8-4-12)20-11-13-5-6-14(19)10-16(13)18/h3-8,10H,9,11H2. The van der Waals surface area contributed by atoms with Gasteiger partial charge in [0.25, 0.3) is 0 Å². The fourth-order valence-electron chi connectivity index (χ4n) is 1.57. The lowest BCUT2D eigenvalue weighted by Gasteiger charge is -2.08. The third-order valence-corrected chi connectivity index (χ3v) is 3.05. The minimum Gasteiger partial charge on any atom is -0.489 e. The number of rotatable bonds is 3. The summed E-state index contributed by atoms with van der Waals surface area (Å²) in [7, 11) is 0. The van der Waals surface area contributed by atoms with E-state index in [4.69, 9.17) is 27.9 Å². The minimum absolute atomic E-state index is 0.284. The topological polar surface area (TPSA) is 9.23 Å². The number of halogens is 3. The van der Waals surface area contributed by atoms with E-state index in [1.165, 1.54) is 12.1 Å². The highest BCUT2D eigenvalue weighted by molar-refractivity contribution is 6.31. The van der Waals surface area contributed by atoms with Crippen molar-refractivity contribution in [2.45, 2.75) is 6.61 Å². The maximum atomic E-state index is 12.9. The quantitative estimate of drug-likeness (QED) is 0.592. The fourth-order valence-corrected chi connectivity index (χ4v) is 1.86. The molecule has 0 aliphatic carbocycles. The molecule has 0 radical (unpaired) electrons. The molecular formula is C16H11Cl2FO. The Labute approximate surface area is 127 Å². The van der Waals surface area contributed by atoms with Gasteiger partial charge in [-0.25, -0.2) is 4.39 Å². The second-order valence-electron chi connectivity index (χ2n) is 3.98. The average Bonchev–Trinajstić information content (AvgIpc) is 2.45. The van der Waals surface area contributed by atoms with Crippen molar-refractivity contribution in [2.75, 3.05) is 5.88 Å². The van der Waals surface area contributed by atoms with Crippen LogP contribution in [-0.2, 0) is 6.61 Å². The van der Waals surface area contributed by atoms with Gasteiger partial charge in [0.1, 0.15) is 18.2 Å². The average molecular weight is 309 g/mol. The second kappa shape index (κ2) is 7.19. The molecule has 0 bridgehead atoms. The number of hydrogen-bond acceptors (Lipinski definition) is 1. The predicted molar refractivity (Wildman–Crippen MR) is 79.8 cm³/mol. The van der Waals surface area contributed by atoms with E-state index in [0.717, 1.165) is 11.1 Å². The Hall–Kier alpha value is -1.69. The third kappa shape index (κ3) is 4.16. The molecule has 1 nitrogen and oxygen atoms in total. The monoisotopic (exact) mass is 308 g/mol. The molecule has 0 saturated heterocycles. The van der Waals surface area contributed by atoms with Crippen molar-refractivity contribution in [1.29, 1.82) is 0 Å². The van der Waals surface area contributed by atoms with E-state index in [1.54, 1.807) is 6.07 Å². The van der Waals surface area contributed by atoms with Crippen LogP contribution in [0.3, 0.4) is 0 Å². The molecule has 0 heterocycles. The van der Waals surface area contributed by atoms with Crippen LogP contribution in [0.4, 0.5) is 4.39 Å². The highest BCUT2D eigenvalue weighted by Crippen LogP contribution is 2.20. The van der Waals surface area contributed by atoms with Gasteiger partial charge in [-0.3, -0.25) is 0 Å². The van der Waals surface area contributed by atoms with Crippen molar-refractivity contribution in [3.63, 3.8) is 0 Å². The summed E-state index contributed by atoms with van der Waals surface area (Å²) in [6, 6.07) is 11.6. The zero-order chi connectivity index (χ0) is 14.4. The lowest BCUT2D eigenvalue weighted by Crippen LogP contribution is -1.96. The molecular weight excluding hydrogens is 298 g/mol. The number of benzene rings is 2. The molecule has 0 amide bonds. The smallest absolute Gasteiger partial charge is 0.124 e. The van der Waals surface area contributed by atoms with E-state index in [9.17, 15) is 4.39 Å². The van der Waals surface area contributed by atoms with Crippen molar-refractivity contribution in [3.8, 4) is 17.6 Å². The summed E-state index contributed by atoms with van der Waals surface area (Å²) in [5.41, 5.74) is 1.61. The van der Waals surface area contributed by atoms with Gasteiger partial charge in [0.2, 0.25) is 0 Å². The van der Waals surface area contributed by atoms with Crippen LogP contribution < -0.4 is 4.74 Å². The van der Waals surface area contributed by atoms with E-state index in [1.807, 2.05) is 24.3 Å². The zero-order valence-corrected chi connectivity index (χ0v) is 12.0. The van der Waals surface area contributed by atoms with Gasteiger partial charge in [0.05, 0.1) is 10.9 Å². The molecule has 20 heavy (non-hydrogen) atoms. The summed E-state index contributed by atoms with van der Waals surface area (Å²) >= 11 is 11.4. The first-order valence-corrected chi connectivity index (χ1v) is 6.82. The van der Waals surface area contributed by atoms with Gasteiger partial charge in [0.15, 0.2) is 0 Å². The van der Waals surface area contributed by atoms with Crippen molar-refractivity contribution in [1.82, 2.24) is 0 Å². The van der Waals surface area contributed by atoms with Crippen LogP contribution >= 0.6 is 23.2 Å². The largest absolute Gasteiger partial charge is 0.489 e. The molecule has 0 unspecified atom stereocenters. The Balaban J connectivity index is 2.00. The highest BCUT2D eigenvalue weighted by Gasteiger charge is 2.03. The van der Waals surface area contributed by atoms with E-state index >= 15 is 0 Å². The Morgan fingerprint density at radius 1 is 1.10 bits per heavy atom. The molecule has 0 atom stereocenters. The molecule has 0 aliphatic rings. The molecule has 102 valence electrons. The van der Waals surface area contributed by atoms with E-state index < -0.39 is 0 Å². The van der Waals surface area contributed by atoms with Crippen LogP contribution in [0.2, 0.25) is 5.02 Å². The van der Waals surface area contributed by atoms with Crippen LogP contribution in [0.15, 0.2) is 42.5 Å². The van der Waals surface area contributed by atoms with Gasteiger partial charge < -0.3 is 4.74 Å². The summed E-state index contributed by atoms with van der Waals surface area (Å²) in [5.74, 6) is 6.33. The zero-order valence-electron chi connectivity index (χ0n) is 10.5. The maximum Gasteiger partial charge on any atom is 0.124 e. The number of ether oxygens (including phenoxy) is 1. The summed E-state index contributed by atoms with van der Waals surface area (Å²) < 4.78 is 18.5. The summed E-state index contributed by atoms with van der Waals surface area (Å²) in [5, 5.41) is 0.356. The third-order valence-electron chi connectivity index (χ3n) is 2.56. The summed E-state index contributed by atoms with van der Waals surface area (Å²) in [6.45, 7) is 0.284. The fraction of sp³-hybridized carbons (Fsp3) is 0.125. The van der Waals surface area contributed by atoms with Gasteiger partial charge in [-0.05, 0) is 36.4 Å². The van der Waals surface area contributed by atoms with Gasteiger partial charge in [-0.1, -0.05) is 29.5 Å². The first-order chi connectivity index (χ1) is 9.69. The normalized spacial score (nSPS) is 9.75. The predicted octanol–water partition coefficient (Wildman–Crippen LogP) is 4.65. The highest BCUT2D eigenvalue weighted by atomic mass is 35.5. The molecule has 0 spiro atoms. The first kappa shape index (κ1) is 14.7. The van der Waals surface area contributed by atoms with Crippen molar-refractivity contribution >= 4 is 23.2 Å². The van der Waals surface area contributed by atoms with Crippen molar-refractivity contribution in [3.05, 3.63) is 64.4 Å². The number of hydrogen-bond donors (Lipinski definition) is 0. The van der Waals surface area contributed by atoms with Crippen LogP contribution in [-0.4, -0.2) is 5.88 Å². The Morgan fingerprint density at radius 2 is 1.85 bits per heavy atom. The molecule has 2 rings (SSSR count). The summed E-state index contributed by atoms with van der Waals surface area (Å²) in [4.78, 5) is 0. The lowest BCUT2D eigenvalue weighted by molar-refractivity contribution is 0.306. The molecule has 2 aromatic carbocycles. The van der Waals surface area contributed by atoms with Crippen LogP contribution in [0, 0.1) is 17.7 Å². The Bertz CT molecular complexity index is 642. The molecule has 0 saturated carbocycles. The first-order valence-electron chi connectivity index (χ1n) is 5.90. The molecule has 0 N–H and O–H groups in total. The van der Waals surface area contributed by atoms with Gasteiger partial charge in [-0.2, -0.15) is 0 Å². The number of alkyl halides is 1. The van der Waals surface area contributed by atoms with Crippen LogP contribution in [0.1, 0.15) is 11.1 Å². The molecule has 0 aromatic heterocycles. The van der Waals surface area contributed by atoms with E-state index in [2.05, 4.69) is 11.8 Å². The molecule has 0 fully saturated rings. The second-order valence-corrected chi connectivity index (χ2v) is 4.66. The van der Waals surface area contributed by atoms with Gasteiger partial charge >= 0.3 is 0 Å². The molecule has 2 aromatic rings. The van der Waals surface area contributed by atoms with Gasteiger partial charge in [0, 0.05) is 11.1 Å². The Kier molecular flexibility index (Phi) is 5.29. The SMILES string of the molecule is Fc1ccc(COc2ccc(C#CCCl)cc2)c(Cl)c1. The van der Waals surface area contributed by atoms with Gasteiger partial charge in [-0.15, -0.1) is 11.6 Å². The lowest BCUT2D eigenvalue weighted by atomic mass is 10.2. The van der Waals surface area contributed by atoms with Crippen LogP contribution in [0.5, 0.6) is 5.75 Å². The van der Waals surface area contributed by atoms with Crippen molar-refractivity contribution < 1.29 is 9.13 Å². The molecule has 0 aliphatic heterocycles. The Morgan fingerprint density at radius 3 is 2.50 bits per heavy atom. The van der Waals surface area contributed by atoms with Crippen molar-refractivity contribution in [2.24, 2.45) is 0 Å². The summed E-state index contributed by atoms with van der Waals surface area (Å²) in [6.07, 6.45) is 0.